The zero-order chi connectivity index (χ0) is 21.8. The van der Waals surface area contributed by atoms with Gasteiger partial charge in [0.2, 0.25) is 0 Å². The maximum absolute atomic E-state index is 9.59. The van der Waals surface area contributed by atoms with Crippen molar-refractivity contribution in [3.63, 3.8) is 0 Å². The molecular formula is C24H26ClN7S. The highest BCUT2D eigenvalue weighted by atomic mass is 35.5. The van der Waals surface area contributed by atoms with Gasteiger partial charge < -0.3 is 14.6 Å². The van der Waals surface area contributed by atoms with Crippen LogP contribution in [0.15, 0.2) is 30.6 Å². The van der Waals surface area contributed by atoms with E-state index in [9.17, 15) is 5.26 Å². The fourth-order valence-electron chi connectivity index (χ4n) is 5.27. The Balaban J connectivity index is 0.00000228. The van der Waals surface area contributed by atoms with Gasteiger partial charge in [-0.1, -0.05) is 17.8 Å². The maximum atomic E-state index is 9.59. The first kappa shape index (κ1) is 22.1. The molecule has 6 rings (SSSR count). The molecular weight excluding hydrogens is 454 g/mol. The Bertz CT molecular complexity index is 1360. The molecule has 3 atom stereocenters. The van der Waals surface area contributed by atoms with Crippen LogP contribution in [0.1, 0.15) is 43.4 Å². The van der Waals surface area contributed by atoms with Crippen LogP contribution >= 0.6 is 23.7 Å². The minimum atomic E-state index is 0. The number of halogens is 1. The Morgan fingerprint density at radius 2 is 1.94 bits per heavy atom. The van der Waals surface area contributed by atoms with Crippen molar-refractivity contribution >= 4 is 44.9 Å². The molecule has 0 amide bonds. The second kappa shape index (κ2) is 8.56. The van der Waals surface area contributed by atoms with Crippen molar-refractivity contribution < 1.29 is 0 Å². The number of nitrogens with zero attached hydrogens (tertiary/aromatic N) is 6. The maximum Gasteiger partial charge on any atom is 0.187 e. The van der Waals surface area contributed by atoms with E-state index in [2.05, 4.69) is 28.3 Å². The third-order valence-corrected chi connectivity index (χ3v) is 7.93. The second-order valence-corrected chi connectivity index (χ2v) is 10.1. The van der Waals surface area contributed by atoms with Crippen molar-refractivity contribution in [3.05, 3.63) is 41.9 Å². The number of hydrogen-bond acceptors (Lipinski definition) is 7. The van der Waals surface area contributed by atoms with Crippen LogP contribution in [0.4, 0.5) is 5.13 Å². The van der Waals surface area contributed by atoms with E-state index in [1.807, 2.05) is 41.9 Å². The van der Waals surface area contributed by atoms with Crippen LogP contribution in [0.3, 0.4) is 0 Å². The number of nitrogens with one attached hydrogen (secondary N) is 1. The van der Waals surface area contributed by atoms with Gasteiger partial charge in [0.1, 0.15) is 16.4 Å². The van der Waals surface area contributed by atoms with Crippen LogP contribution in [-0.4, -0.2) is 44.5 Å². The second-order valence-electron chi connectivity index (χ2n) is 9.11. The predicted molar refractivity (Wildman–Crippen MR) is 134 cm³/mol. The minimum Gasteiger partial charge on any atom is -0.348 e. The number of anilines is 1. The molecule has 0 spiro atoms. The van der Waals surface area contributed by atoms with E-state index in [4.69, 9.17) is 9.97 Å². The highest BCUT2D eigenvalue weighted by molar-refractivity contribution is 7.21. The molecule has 2 aliphatic rings. The van der Waals surface area contributed by atoms with Gasteiger partial charge in [0, 0.05) is 43.1 Å². The average Bonchev–Trinajstić information content (AvgIpc) is 3.39. The van der Waals surface area contributed by atoms with Gasteiger partial charge in [-0.2, -0.15) is 5.26 Å². The minimum absolute atomic E-state index is 0. The normalized spacial score (nSPS) is 22.2. The number of aromatic nitrogens is 4. The molecule has 2 saturated heterocycles. The van der Waals surface area contributed by atoms with Crippen LogP contribution in [0, 0.1) is 18.3 Å². The number of thiazole rings is 1. The van der Waals surface area contributed by atoms with E-state index in [1.54, 1.807) is 11.3 Å². The van der Waals surface area contributed by atoms with E-state index in [1.165, 1.54) is 32.1 Å². The fraction of sp³-hybridized carbons (Fsp3) is 0.417. The largest absolute Gasteiger partial charge is 0.348 e. The van der Waals surface area contributed by atoms with E-state index in [0.29, 0.717) is 29.3 Å². The number of imidazole rings is 1. The molecule has 4 aromatic rings. The average molecular weight is 480 g/mol. The standard InChI is InChI=1S/C24H25N7S.ClH/c1-14-12-31-13-16(8-15(11-25)22(31)26-14)20-6-7-21-23(28-20)32-24(29-21)30(2)19-9-17-4-3-5-18(10-19)27-17;/h6-8,12-13,17-19,27H,3-5,9-10H2,1-2H3;1H/t17-,18+,19-;. The molecule has 0 radical (unpaired) electrons. The Kier molecular flexibility index (Phi) is 5.73. The molecule has 2 bridgehead atoms. The summed E-state index contributed by atoms with van der Waals surface area (Å²) in [6.07, 6.45) is 10.2. The monoisotopic (exact) mass is 479 g/mol. The number of pyridine rings is 2. The number of fused-ring (bicyclic) bond motifs is 4. The molecule has 0 aromatic carbocycles. The zero-order valence-electron chi connectivity index (χ0n) is 18.7. The Morgan fingerprint density at radius 1 is 1.15 bits per heavy atom. The van der Waals surface area contributed by atoms with Gasteiger partial charge in [-0.25, -0.2) is 15.0 Å². The molecule has 33 heavy (non-hydrogen) atoms. The number of piperidine rings is 2. The summed E-state index contributed by atoms with van der Waals surface area (Å²) in [6, 6.07) is 9.99. The highest BCUT2D eigenvalue weighted by Gasteiger charge is 2.33. The zero-order valence-corrected chi connectivity index (χ0v) is 20.3. The number of aryl methyl sites for hydroxylation is 1. The first-order chi connectivity index (χ1) is 15.6. The fourth-order valence-corrected chi connectivity index (χ4v) is 6.24. The lowest BCUT2D eigenvalue weighted by Crippen LogP contribution is -2.54. The van der Waals surface area contributed by atoms with Crippen LogP contribution in [0.25, 0.3) is 27.3 Å². The topological polar surface area (TPSA) is 82.1 Å². The van der Waals surface area contributed by atoms with Gasteiger partial charge in [0.25, 0.3) is 0 Å². The van der Waals surface area contributed by atoms with Crippen LogP contribution < -0.4 is 10.2 Å². The number of rotatable bonds is 3. The SMILES string of the molecule is Cc1cn2cc(-c3ccc4nc(N(C)[C@@H]5C[C@H]6CCC[C@@H](C5)N6)sc4n3)cc(C#N)c2n1.Cl. The summed E-state index contributed by atoms with van der Waals surface area (Å²) in [5, 5.41) is 14.4. The molecule has 0 unspecified atom stereocenters. The molecule has 7 nitrogen and oxygen atoms in total. The van der Waals surface area contributed by atoms with Crippen LogP contribution in [-0.2, 0) is 0 Å². The van der Waals surface area contributed by atoms with Crippen molar-refractivity contribution in [3.8, 4) is 17.3 Å². The quantitative estimate of drug-likeness (QED) is 0.458. The third-order valence-electron chi connectivity index (χ3n) is 6.87. The lowest BCUT2D eigenvalue weighted by atomic mass is 9.83. The van der Waals surface area contributed by atoms with E-state index in [0.717, 1.165) is 32.4 Å². The lowest BCUT2D eigenvalue weighted by molar-refractivity contribution is 0.219. The molecule has 0 aliphatic carbocycles. The summed E-state index contributed by atoms with van der Waals surface area (Å²) in [5.74, 6) is 0. The lowest BCUT2D eigenvalue weighted by Gasteiger charge is -2.43. The molecule has 4 aromatic heterocycles. The van der Waals surface area contributed by atoms with Crippen molar-refractivity contribution in [2.24, 2.45) is 0 Å². The van der Waals surface area contributed by atoms with Gasteiger partial charge >= 0.3 is 0 Å². The van der Waals surface area contributed by atoms with Crippen LogP contribution in [0.2, 0.25) is 0 Å². The Labute approximate surface area is 202 Å². The van der Waals surface area contributed by atoms with Gasteiger partial charge in [-0.3, -0.25) is 0 Å². The first-order valence-electron chi connectivity index (χ1n) is 11.2. The van der Waals surface area contributed by atoms with Crippen molar-refractivity contribution in [1.29, 1.82) is 5.26 Å². The Morgan fingerprint density at radius 3 is 2.70 bits per heavy atom. The molecule has 170 valence electrons. The Hall–Kier alpha value is -2.73. The van der Waals surface area contributed by atoms with E-state index in [-0.39, 0.29) is 12.4 Å². The predicted octanol–water partition coefficient (Wildman–Crippen LogP) is 4.72. The summed E-state index contributed by atoms with van der Waals surface area (Å²) in [4.78, 5) is 17.6. The van der Waals surface area contributed by atoms with Gasteiger partial charge in [-0.05, 0) is 50.8 Å². The van der Waals surface area contributed by atoms with Gasteiger partial charge in [-0.15, -0.1) is 12.4 Å². The number of hydrogen-bond donors (Lipinski definition) is 1. The summed E-state index contributed by atoms with van der Waals surface area (Å²) in [5.41, 5.74) is 4.80. The highest BCUT2D eigenvalue weighted by Crippen LogP contribution is 2.34. The molecule has 2 aliphatic heterocycles. The van der Waals surface area contributed by atoms with Crippen LogP contribution in [0.5, 0.6) is 0 Å². The number of nitriles is 1. The summed E-state index contributed by atoms with van der Waals surface area (Å²) >= 11 is 1.65. The summed E-state index contributed by atoms with van der Waals surface area (Å²) in [6.45, 7) is 1.93. The third kappa shape index (κ3) is 3.95. The molecule has 2 fully saturated rings. The van der Waals surface area contributed by atoms with Crippen molar-refractivity contribution in [1.82, 2.24) is 24.7 Å². The van der Waals surface area contributed by atoms with Gasteiger partial charge in [0.05, 0.1) is 17.0 Å². The van der Waals surface area contributed by atoms with Gasteiger partial charge in [0.15, 0.2) is 10.8 Å². The molecule has 6 heterocycles. The van der Waals surface area contributed by atoms with E-state index < -0.39 is 0 Å². The summed E-state index contributed by atoms with van der Waals surface area (Å²) < 4.78 is 1.91. The van der Waals surface area contributed by atoms with Crippen molar-refractivity contribution in [2.45, 2.75) is 57.2 Å². The van der Waals surface area contributed by atoms with Crippen molar-refractivity contribution in [2.75, 3.05) is 11.9 Å². The molecule has 9 heteroatoms. The first-order valence-corrected chi connectivity index (χ1v) is 12.1. The van der Waals surface area contributed by atoms with E-state index >= 15 is 0 Å². The summed E-state index contributed by atoms with van der Waals surface area (Å²) in [7, 11) is 2.18. The molecule has 0 saturated carbocycles. The molecule has 1 N–H and O–H groups in total. The smallest absolute Gasteiger partial charge is 0.187 e.